The Balaban J connectivity index is 1.77. The fraction of sp³-hybridized carbons (Fsp3) is 0.529. The molecule has 2 N–H and O–H groups in total. The number of amides is 1. The second-order valence-corrected chi connectivity index (χ2v) is 5.76. The van der Waals surface area contributed by atoms with Gasteiger partial charge in [-0.15, -0.1) is 0 Å². The molecule has 0 aliphatic carbocycles. The van der Waals surface area contributed by atoms with Crippen LogP contribution in [-0.2, 0) is 20.9 Å². The van der Waals surface area contributed by atoms with E-state index in [2.05, 4.69) is 22.3 Å². The van der Waals surface area contributed by atoms with E-state index in [0.29, 0.717) is 13.2 Å². The average Bonchev–Trinajstić information content (AvgIpc) is 2.77. The minimum atomic E-state index is -0.958. The van der Waals surface area contributed by atoms with Gasteiger partial charge in [0.05, 0.1) is 12.5 Å². The van der Waals surface area contributed by atoms with Crippen molar-refractivity contribution in [3.63, 3.8) is 0 Å². The molecule has 1 atom stereocenters. The van der Waals surface area contributed by atoms with E-state index in [1.807, 2.05) is 18.2 Å². The van der Waals surface area contributed by atoms with Gasteiger partial charge in [0.2, 0.25) is 5.91 Å². The SMILES string of the molecule is O=C(O)CCC(=O)NC[C@@H]1CN(Cc2ccccc2)CCCO1. The van der Waals surface area contributed by atoms with Gasteiger partial charge >= 0.3 is 5.97 Å². The highest BCUT2D eigenvalue weighted by Crippen LogP contribution is 2.10. The van der Waals surface area contributed by atoms with Crippen LogP contribution in [0, 0.1) is 0 Å². The van der Waals surface area contributed by atoms with Crippen molar-refractivity contribution in [2.45, 2.75) is 31.9 Å². The lowest BCUT2D eigenvalue weighted by Crippen LogP contribution is -2.40. The van der Waals surface area contributed by atoms with E-state index in [1.54, 1.807) is 0 Å². The Bertz CT molecular complexity index is 507. The second kappa shape index (κ2) is 9.27. The Morgan fingerprint density at radius 1 is 1.26 bits per heavy atom. The summed E-state index contributed by atoms with van der Waals surface area (Å²) < 4.78 is 5.77. The molecule has 6 nitrogen and oxygen atoms in total. The maximum absolute atomic E-state index is 11.6. The molecular weight excluding hydrogens is 296 g/mol. The van der Waals surface area contributed by atoms with E-state index in [9.17, 15) is 9.59 Å². The topological polar surface area (TPSA) is 78.9 Å². The standard InChI is InChI=1S/C17H24N2O4/c20-16(7-8-17(21)22)18-11-15-13-19(9-4-10-23-15)12-14-5-2-1-3-6-14/h1-3,5-6,15H,4,7-13H2,(H,18,20)(H,21,22)/t15-/m1/s1. The summed E-state index contributed by atoms with van der Waals surface area (Å²) >= 11 is 0. The lowest BCUT2D eigenvalue weighted by atomic mass is 10.2. The molecule has 1 amide bonds. The lowest BCUT2D eigenvalue weighted by Gasteiger charge is -2.24. The predicted molar refractivity (Wildman–Crippen MR) is 86.0 cm³/mol. The van der Waals surface area contributed by atoms with Gasteiger partial charge < -0.3 is 15.2 Å². The molecule has 0 aromatic heterocycles. The van der Waals surface area contributed by atoms with Crippen LogP contribution >= 0.6 is 0 Å². The van der Waals surface area contributed by atoms with E-state index in [0.717, 1.165) is 26.1 Å². The summed E-state index contributed by atoms with van der Waals surface area (Å²) in [4.78, 5) is 24.4. The second-order valence-electron chi connectivity index (χ2n) is 5.76. The minimum Gasteiger partial charge on any atom is -0.481 e. The van der Waals surface area contributed by atoms with E-state index in [1.165, 1.54) is 5.56 Å². The quantitative estimate of drug-likeness (QED) is 0.791. The van der Waals surface area contributed by atoms with Crippen molar-refractivity contribution in [1.82, 2.24) is 10.2 Å². The molecule has 0 radical (unpaired) electrons. The summed E-state index contributed by atoms with van der Waals surface area (Å²) in [5.41, 5.74) is 1.26. The number of carboxylic acids is 1. The van der Waals surface area contributed by atoms with Crippen molar-refractivity contribution in [1.29, 1.82) is 0 Å². The van der Waals surface area contributed by atoms with Crippen molar-refractivity contribution >= 4 is 11.9 Å². The Morgan fingerprint density at radius 3 is 2.78 bits per heavy atom. The molecule has 1 aliphatic heterocycles. The Labute approximate surface area is 136 Å². The van der Waals surface area contributed by atoms with Gasteiger partial charge in [-0.25, -0.2) is 0 Å². The number of hydrogen-bond acceptors (Lipinski definition) is 4. The van der Waals surface area contributed by atoms with Gasteiger partial charge in [0.25, 0.3) is 0 Å². The fourth-order valence-electron chi connectivity index (χ4n) is 2.62. The normalized spacial score (nSPS) is 19.0. The number of hydrogen-bond donors (Lipinski definition) is 2. The predicted octanol–water partition coefficient (Wildman–Crippen LogP) is 1.26. The van der Waals surface area contributed by atoms with Gasteiger partial charge in [0.15, 0.2) is 0 Å². The van der Waals surface area contributed by atoms with Crippen LogP contribution in [0.3, 0.4) is 0 Å². The fourth-order valence-corrected chi connectivity index (χ4v) is 2.62. The Kier molecular flexibility index (Phi) is 7.03. The van der Waals surface area contributed by atoms with E-state index >= 15 is 0 Å². The smallest absolute Gasteiger partial charge is 0.303 e. The molecule has 23 heavy (non-hydrogen) atoms. The van der Waals surface area contributed by atoms with Crippen LogP contribution in [0.4, 0.5) is 0 Å². The Hall–Kier alpha value is -1.92. The molecule has 2 rings (SSSR count). The number of rotatable bonds is 7. The maximum atomic E-state index is 11.6. The van der Waals surface area contributed by atoms with E-state index in [-0.39, 0.29) is 24.9 Å². The highest BCUT2D eigenvalue weighted by molar-refractivity contribution is 5.80. The highest BCUT2D eigenvalue weighted by Gasteiger charge is 2.19. The maximum Gasteiger partial charge on any atom is 0.303 e. The molecule has 0 unspecified atom stereocenters. The molecule has 1 heterocycles. The zero-order valence-electron chi connectivity index (χ0n) is 13.2. The van der Waals surface area contributed by atoms with Gasteiger partial charge in [0, 0.05) is 39.2 Å². The molecule has 0 spiro atoms. The van der Waals surface area contributed by atoms with E-state index < -0.39 is 5.97 Å². The van der Waals surface area contributed by atoms with Crippen LogP contribution in [0.25, 0.3) is 0 Å². The number of nitrogens with one attached hydrogen (secondary N) is 1. The monoisotopic (exact) mass is 320 g/mol. The summed E-state index contributed by atoms with van der Waals surface area (Å²) in [6.45, 7) is 3.70. The number of nitrogens with zero attached hydrogens (tertiary/aromatic N) is 1. The number of carbonyl (C=O) groups excluding carboxylic acids is 1. The number of carboxylic acid groups (broad SMARTS) is 1. The van der Waals surface area contributed by atoms with Crippen LogP contribution in [0.15, 0.2) is 30.3 Å². The van der Waals surface area contributed by atoms with Crippen molar-refractivity contribution in [3.8, 4) is 0 Å². The third-order valence-electron chi connectivity index (χ3n) is 3.78. The van der Waals surface area contributed by atoms with Crippen molar-refractivity contribution in [3.05, 3.63) is 35.9 Å². The summed E-state index contributed by atoms with van der Waals surface area (Å²) in [6.07, 6.45) is 0.777. The van der Waals surface area contributed by atoms with Gasteiger partial charge in [-0.2, -0.15) is 0 Å². The van der Waals surface area contributed by atoms with E-state index in [4.69, 9.17) is 9.84 Å². The van der Waals surface area contributed by atoms with Crippen molar-refractivity contribution in [2.75, 3.05) is 26.2 Å². The van der Waals surface area contributed by atoms with Crippen molar-refractivity contribution in [2.24, 2.45) is 0 Å². The largest absolute Gasteiger partial charge is 0.481 e. The molecule has 1 aromatic carbocycles. The van der Waals surface area contributed by atoms with Crippen LogP contribution in [0.5, 0.6) is 0 Å². The number of carbonyl (C=O) groups is 2. The van der Waals surface area contributed by atoms with Crippen molar-refractivity contribution < 1.29 is 19.4 Å². The van der Waals surface area contributed by atoms with Gasteiger partial charge in [0.1, 0.15) is 0 Å². The minimum absolute atomic E-state index is 0.00971. The summed E-state index contributed by atoms with van der Waals surface area (Å²) in [5.74, 6) is -1.20. The summed E-state index contributed by atoms with van der Waals surface area (Å²) in [5, 5.41) is 11.3. The Morgan fingerprint density at radius 2 is 2.04 bits per heavy atom. The molecule has 1 fully saturated rings. The first-order chi connectivity index (χ1) is 11.1. The first-order valence-corrected chi connectivity index (χ1v) is 8.00. The number of ether oxygens (including phenoxy) is 1. The number of aliphatic carboxylic acids is 1. The zero-order valence-corrected chi connectivity index (χ0v) is 13.2. The molecular formula is C17H24N2O4. The van der Waals surface area contributed by atoms with Gasteiger partial charge in [-0.3, -0.25) is 14.5 Å². The number of benzene rings is 1. The molecule has 1 saturated heterocycles. The first kappa shape index (κ1) is 17.4. The zero-order chi connectivity index (χ0) is 16.5. The summed E-state index contributed by atoms with van der Waals surface area (Å²) in [6, 6.07) is 10.3. The van der Waals surface area contributed by atoms with Crippen LogP contribution in [-0.4, -0.2) is 54.2 Å². The van der Waals surface area contributed by atoms with Crippen LogP contribution in [0.2, 0.25) is 0 Å². The van der Waals surface area contributed by atoms with Crippen LogP contribution in [0.1, 0.15) is 24.8 Å². The average molecular weight is 320 g/mol. The molecule has 0 saturated carbocycles. The molecule has 6 heteroatoms. The van der Waals surface area contributed by atoms with Crippen LogP contribution < -0.4 is 5.32 Å². The third kappa shape index (κ3) is 6.80. The van der Waals surface area contributed by atoms with Gasteiger partial charge in [-0.05, 0) is 12.0 Å². The molecule has 1 aliphatic rings. The molecule has 0 bridgehead atoms. The van der Waals surface area contributed by atoms with Gasteiger partial charge in [-0.1, -0.05) is 30.3 Å². The molecule has 126 valence electrons. The molecule has 1 aromatic rings. The highest BCUT2D eigenvalue weighted by atomic mass is 16.5. The summed E-state index contributed by atoms with van der Waals surface area (Å²) in [7, 11) is 0. The lowest BCUT2D eigenvalue weighted by molar-refractivity contribution is -0.138. The third-order valence-corrected chi connectivity index (χ3v) is 3.78. The first-order valence-electron chi connectivity index (χ1n) is 8.00.